The van der Waals surface area contributed by atoms with Gasteiger partial charge in [-0.25, -0.2) is 0 Å². The van der Waals surface area contributed by atoms with E-state index in [-0.39, 0.29) is 17.9 Å². The van der Waals surface area contributed by atoms with Crippen LogP contribution in [0.5, 0.6) is 0 Å². The molecule has 0 saturated carbocycles. The Kier molecular flexibility index (Phi) is 6.65. The average molecular weight is 389 g/mol. The molecule has 0 aliphatic carbocycles. The minimum atomic E-state index is -0.146. The van der Waals surface area contributed by atoms with Crippen molar-refractivity contribution in [2.45, 2.75) is 46.1 Å². The summed E-state index contributed by atoms with van der Waals surface area (Å²) in [6.07, 6.45) is 2.32. The lowest BCUT2D eigenvalue weighted by Crippen LogP contribution is -2.27. The molecule has 0 aliphatic rings. The predicted molar refractivity (Wildman–Crippen MR) is 119 cm³/mol. The van der Waals surface area contributed by atoms with Crippen LogP contribution in [0.15, 0.2) is 60.7 Å². The fraction of sp³-hybridized carbons (Fsp3) is 0.280. The molecule has 0 heterocycles. The van der Waals surface area contributed by atoms with Crippen molar-refractivity contribution in [1.82, 2.24) is 5.32 Å². The van der Waals surface area contributed by atoms with E-state index in [0.29, 0.717) is 17.7 Å². The molecule has 0 unspecified atom stereocenters. The van der Waals surface area contributed by atoms with Crippen molar-refractivity contribution in [1.29, 1.82) is 0 Å². The average Bonchev–Trinajstić information content (AvgIpc) is 2.73. The van der Waals surface area contributed by atoms with E-state index in [0.717, 1.165) is 34.7 Å². The van der Waals surface area contributed by atoms with Gasteiger partial charge in [-0.3, -0.25) is 9.59 Å². The van der Waals surface area contributed by atoms with E-state index in [4.69, 9.17) is 0 Å². The molecule has 3 rings (SSSR count). The molecule has 0 radical (unpaired) electrons. The maximum atomic E-state index is 13.0. The third-order valence-corrected chi connectivity index (χ3v) is 5.16. The molecule has 1 atom stereocenters. The summed E-state index contributed by atoms with van der Waals surface area (Å²) in [6.45, 7) is 5.95. The smallest absolute Gasteiger partial charge is 0.252 e. The number of unbranched alkanes of at least 4 members (excludes halogenated alkanes) is 1. The number of aryl methyl sites for hydroxylation is 1. The third-order valence-electron chi connectivity index (χ3n) is 5.16. The number of carbonyl (C=O) groups is 2. The molecule has 0 aromatic heterocycles. The van der Waals surface area contributed by atoms with Gasteiger partial charge >= 0.3 is 0 Å². The number of nitrogens with one attached hydrogen (secondary N) is 2. The van der Waals surface area contributed by atoms with E-state index in [2.05, 4.69) is 35.8 Å². The number of rotatable bonds is 7. The third kappa shape index (κ3) is 5.02. The Morgan fingerprint density at radius 2 is 1.76 bits per heavy atom. The largest absolute Gasteiger partial charge is 0.345 e. The quantitative estimate of drug-likeness (QED) is 0.540. The number of benzene rings is 3. The van der Waals surface area contributed by atoms with Crippen LogP contribution in [-0.4, -0.2) is 11.8 Å². The zero-order valence-electron chi connectivity index (χ0n) is 17.3. The molecule has 3 aromatic rings. The van der Waals surface area contributed by atoms with Crippen LogP contribution in [0, 0.1) is 6.92 Å². The van der Waals surface area contributed by atoms with Gasteiger partial charge in [0, 0.05) is 17.7 Å². The Morgan fingerprint density at radius 1 is 1.00 bits per heavy atom. The van der Waals surface area contributed by atoms with Gasteiger partial charge in [-0.1, -0.05) is 61.9 Å². The Bertz CT molecular complexity index is 1020. The van der Waals surface area contributed by atoms with Crippen molar-refractivity contribution in [3.63, 3.8) is 0 Å². The van der Waals surface area contributed by atoms with Crippen LogP contribution in [0.25, 0.3) is 10.8 Å². The lowest BCUT2D eigenvalue weighted by Gasteiger charge is -2.18. The van der Waals surface area contributed by atoms with E-state index in [9.17, 15) is 9.59 Å². The first-order valence-electron chi connectivity index (χ1n) is 10.2. The lowest BCUT2D eigenvalue weighted by atomic mass is 9.99. The van der Waals surface area contributed by atoms with Crippen molar-refractivity contribution in [3.05, 3.63) is 77.4 Å². The first kappa shape index (κ1) is 20.6. The zero-order valence-corrected chi connectivity index (χ0v) is 17.3. The van der Waals surface area contributed by atoms with Gasteiger partial charge in [-0.2, -0.15) is 0 Å². The van der Waals surface area contributed by atoms with Crippen LogP contribution in [0.4, 0.5) is 5.69 Å². The summed E-state index contributed by atoms with van der Waals surface area (Å²) < 4.78 is 0. The molecule has 4 heteroatoms. The van der Waals surface area contributed by atoms with Crippen molar-refractivity contribution in [3.8, 4) is 0 Å². The highest BCUT2D eigenvalue weighted by atomic mass is 16.2. The summed E-state index contributed by atoms with van der Waals surface area (Å²) in [6, 6.07) is 19.6. The van der Waals surface area contributed by atoms with Crippen LogP contribution >= 0.6 is 0 Å². The van der Waals surface area contributed by atoms with E-state index in [1.165, 1.54) is 0 Å². The summed E-state index contributed by atoms with van der Waals surface area (Å²) in [5.74, 6) is -0.168. The minimum absolute atomic E-state index is 0.0221. The summed E-state index contributed by atoms with van der Waals surface area (Å²) in [5, 5.41) is 8.29. The molecule has 0 saturated heterocycles. The number of hydrogen-bond donors (Lipinski definition) is 2. The molecule has 0 fully saturated rings. The van der Waals surface area contributed by atoms with Gasteiger partial charge in [-0.15, -0.1) is 0 Å². The normalized spacial score (nSPS) is 11.8. The predicted octanol–water partition coefficient (Wildman–Crippen LogP) is 5.77. The summed E-state index contributed by atoms with van der Waals surface area (Å²) >= 11 is 0. The topological polar surface area (TPSA) is 58.2 Å². The minimum Gasteiger partial charge on any atom is -0.345 e. The first-order chi connectivity index (χ1) is 14.0. The van der Waals surface area contributed by atoms with Crippen LogP contribution < -0.4 is 10.6 Å². The second-order valence-electron chi connectivity index (χ2n) is 7.44. The molecule has 29 heavy (non-hydrogen) atoms. The highest BCUT2D eigenvalue weighted by Crippen LogP contribution is 2.25. The SMILES string of the molecule is CCCCC(=O)Nc1ccc(C)c(C(=O)N[C@H](C)c2cccc3ccccc23)c1. The highest BCUT2D eigenvalue weighted by molar-refractivity contribution is 5.99. The molecular weight excluding hydrogens is 360 g/mol. The molecule has 3 aromatic carbocycles. The van der Waals surface area contributed by atoms with E-state index in [1.54, 1.807) is 6.07 Å². The molecule has 150 valence electrons. The van der Waals surface area contributed by atoms with Gasteiger partial charge in [0.25, 0.3) is 5.91 Å². The maximum Gasteiger partial charge on any atom is 0.252 e. The fourth-order valence-electron chi connectivity index (χ4n) is 3.49. The Morgan fingerprint density at radius 3 is 2.55 bits per heavy atom. The molecular formula is C25H28N2O2. The Labute approximate surface area is 172 Å². The second-order valence-corrected chi connectivity index (χ2v) is 7.44. The molecule has 0 aliphatic heterocycles. The number of anilines is 1. The van der Waals surface area contributed by atoms with Crippen LogP contribution in [0.1, 0.15) is 60.6 Å². The Balaban J connectivity index is 1.77. The van der Waals surface area contributed by atoms with Crippen LogP contribution in [-0.2, 0) is 4.79 Å². The summed E-state index contributed by atoms with van der Waals surface area (Å²) in [4.78, 5) is 25.0. The fourth-order valence-corrected chi connectivity index (χ4v) is 3.49. The van der Waals surface area contributed by atoms with E-state index in [1.807, 2.05) is 50.2 Å². The first-order valence-corrected chi connectivity index (χ1v) is 10.2. The lowest BCUT2D eigenvalue weighted by molar-refractivity contribution is -0.116. The number of carbonyl (C=O) groups excluding carboxylic acids is 2. The van der Waals surface area contributed by atoms with Crippen molar-refractivity contribution >= 4 is 28.3 Å². The summed E-state index contributed by atoms with van der Waals surface area (Å²) in [7, 11) is 0. The van der Waals surface area contributed by atoms with Gasteiger partial charge in [0.15, 0.2) is 0 Å². The standard InChI is InChI=1S/C25H28N2O2/c1-4-5-13-24(28)27-20-15-14-17(2)23(16-20)25(29)26-18(3)21-12-8-10-19-9-6-7-11-22(19)21/h6-12,14-16,18H,4-5,13H2,1-3H3,(H,26,29)(H,27,28)/t18-/m1/s1. The number of hydrogen-bond acceptors (Lipinski definition) is 2. The maximum absolute atomic E-state index is 13.0. The molecule has 2 N–H and O–H groups in total. The summed E-state index contributed by atoms with van der Waals surface area (Å²) in [5.41, 5.74) is 3.18. The van der Waals surface area contributed by atoms with Crippen LogP contribution in [0.3, 0.4) is 0 Å². The van der Waals surface area contributed by atoms with Crippen molar-refractivity contribution in [2.75, 3.05) is 5.32 Å². The van der Waals surface area contributed by atoms with Crippen molar-refractivity contribution < 1.29 is 9.59 Å². The molecule has 4 nitrogen and oxygen atoms in total. The van der Waals surface area contributed by atoms with E-state index < -0.39 is 0 Å². The van der Waals surface area contributed by atoms with Gasteiger partial charge < -0.3 is 10.6 Å². The molecule has 2 amide bonds. The zero-order chi connectivity index (χ0) is 20.8. The Hall–Kier alpha value is -3.14. The van der Waals surface area contributed by atoms with Gasteiger partial charge in [0.2, 0.25) is 5.91 Å². The van der Waals surface area contributed by atoms with Crippen LogP contribution in [0.2, 0.25) is 0 Å². The number of amides is 2. The molecule has 0 bridgehead atoms. The monoisotopic (exact) mass is 388 g/mol. The van der Waals surface area contributed by atoms with Crippen molar-refractivity contribution in [2.24, 2.45) is 0 Å². The highest BCUT2D eigenvalue weighted by Gasteiger charge is 2.16. The molecule has 0 spiro atoms. The van der Waals surface area contributed by atoms with Gasteiger partial charge in [0.1, 0.15) is 0 Å². The number of fused-ring (bicyclic) bond motifs is 1. The van der Waals surface area contributed by atoms with Gasteiger partial charge in [-0.05, 0) is 54.3 Å². The second kappa shape index (κ2) is 9.37. The van der Waals surface area contributed by atoms with Gasteiger partial charge in [0.05, 0.1) is 6.04 Å². The van der Waals surface area contributed by atoms with E-state index >= 15 is 0 Å².